The van der Waals surface area contributed by atoms with Crippen LogP contribution in [0, 0.1) is 17.2 Å². The van der Waals surface area contributed by atoms with E-state index in [1.165, 1.54) is 43.3 Å². The standard InChI is InChI=1S/C18H25N3O6S/c1-13(2)17(18(23)27-12-16(22)21(3)11-5-10-19)20-28(24,25)15-8-6-14(26-4)7-9-15/h6-9,13,17,20H,5,11-12H2,1-4H3. The highest BCUT2D eigenvalue weighted by molar-refractivity contribution is 7.89. The number of hydrogen-bond acceptors (Lipinski definition) is 7. The van der Waals surface area contributed by atoms with Crippen molar-refractivity contribution in [1.82, 2.24) is 9.62 Å². The zero-order chi connectivity index (χ0) is 21.3. The first kappa shape index (κ1) is 23.4. The van der Waals surface area contributed by atoms with Crippen LogP contribution in [0.3, 0.4) is 0 Å². The third-order valence-electron chi connectivity index (χ3n) is 3.90. The Labute approximate surface area is 165 Å². The number of carbonyl (C=O) groups excluding carboxylic acids is 2. The lowest BCUT2D eigenvalue weighted by Crippen LogP contribution is -2.46. The van der Waals surface area contributed by atoms with Gasteiger partial charge in [-0.15, -0.1) is 0 Å². The molecular formula is C18H25N3O6S. The van der Waals surface area contributed by atoms with Gasteiger partial charge in [0.1, 0.15) is 11.8 Å². The molecule has 1 amide bonds. The van der Waals surface area contributed by atoms with E-state index in [9.17, 15) is 18.0 Å². The van der Waals surface area contributed by atoms with Gasteiger partial charge in [0, 0.05) is 13.6 Å². The minimum absolute atomic E-state index is 0.0286. The van der Waals surface area contributed by atoms with Crippen molar-refractivity contribution in [3.63, 3.8) is 0 Å². The van der Waals surface area contributed by atoms with Crippen LogP contribution in [0.25, 0.3) is 0 Å². The number of ether oxygens (including phenoxy) is 2. The van der Waals surface area contributed by atoms with Crippen LogP contribution in [-0.4, -0.2) is 58.5 Å². The number of nitrogens with zero attached hydrogens (tertiary/aromatic N) is 2. The van der Waals surface area contributed by atoms with E-state index in [0.29, 0.717) is 5.75 Å². The van der Waals surface area contributed by atoms with Gasteiger partial charge < -0.3 is 14.4 Å². The summed E-state index contributed by atoms with van der Waals surface area (Å²) in [5, 5.41) is 8.53. The molecule has 0 heterocycles. The zero-order valence-corrected chi connectivity index (χ0v) is 17.2. The number of nitrogens with one attached hydrogen (secondary N) is 1. The molecule has 0 radical (unpaired) electrons. The number of amides is 1. The summed E-state index contributed by atoms with van der Waals surface area (Å²) >= 11 is 0. The van der Waals surface area contributed by atoms with E-state index in [0.717, 1.165) is 0 Å². The van der Waals surface area contributed by atoms with Gasteiger partial charge in [-0.3, -0.25) is 9.59 Å². The van der Waals surface area contributed by atoms with Crippen LogP contribution < -0.4 is 9.46 Å². The maximum atomic E-state index is 12.6. The topological polar surface area (TPSA) is 126 Å². The molecule has 0 aliphatic carbocycles. The summed E-state index contributed by atoms with van der Waals surface area (Å²) in [6, 6.07) is 6.45. The van der Waals surface area contributed by atoms with Crippen LogP contribution in [0.4, 0.5) is 0 Å². The highest BCUT2D eigenvalue weighted by Gasteiger charge is 2.30. The Bertz CT molecular complexity index is 815. The molecule has 1 aromatic carbocycles. The quantitative estimate of drug-likeness (QED) is 0.567. The lowest BCUT2D eigenvalue weighted by Gasteiger charge is -2.22. The van der Waals surface area contributed by atoms with E-state index in [-0.39, 0.29) is 17.9 Å². The highest BCUT2D eigenvalue weighted by atomic mass is 32.2. The van der Waals surface area contributed by atoms with Gasteiger partial charge in [-0.1, -0.05) is 13.8 Å². The second kappa shape index (κ2) is 10.6. The first-order valence-electron chi connectivity index (χ1n) is 8.56. The maximum absolute atomic E-state index is 12.6. The highest BCUT2D eigenvalue weighted by Crippen LogP contribution is 2.17. The average molecular weight is 411 g/mol. The van der Waals surface area contributed by atoms with Gasteiger partial charge in [0.05, 0.1) is 24.5 Å². The van der Waals surface area contributed by atoms with E-state index >= 15 is 0 Å². The second-order valence-electron chi connectivity index (χ2n) is 6.35. The number of hydrogen-bond donors (Lipinski definition) is 1. The first-order valence-corrected chi connectivity index (χ1v) is 10.0. The number of rotatable bonds is 10. The van der Waals surface area contributed by atoms with Crippen molar-refractivity contribution in [1.29, 1.82) is 5.26 Å². The number of methoxy groups -OCH3 is 1. The van der Waals surface area contributed by atoms with Gasteiger partial charge in [-0.05, 0) is 30.2 Å². The fourth-order valence-electron chi connectivity index (χ4n) is 2.12. The summed E-state index contributed by atoms with van der Waals surface area (Å²) in [5.74, 6) is -1.25. The largest absolute Gasteiger partial charge is 0.497 e. The monoisotopic (exact) mass is 411 g/mol. The Morgan fingerprint density at radius 1 is 1.25 bits per heavy atom. The SMILES string of the molecule is COc1ccc(S(=O)(=O)NC(C(=O)OCC(=O)N(C)CCC#N)C(C)C)cc1. The minimum Gasteiger partial charge on any atom is -0.497 e. The van der Waals surface area contributed by atoms with Crippen molar-refractivity contribution < 1.29 is 27.5 Å². The van der Waals surface area contributed by atoms with Gasteiger partial charge in [0.25, 0.3) is 5.91 Å². The summed E-state index contributed by atoms with van der Waals surface area (Å²) in [6.45, 7) is 2.99. The van der Waals surface area contributed by atoms with Gasteiger partial charge in [0.2, 0.25) is 10.0 Å². The lowest BCUT2D eigenvalue weighted by atomic mass is 10.1. The predicted molar refractivity (Wildman–Crippen MR) is 101 cm³/mol. The van der Waals surface area contributed by atoms with E-state index in [1.54, 1.807) is 13.8 Å². The number of esters is 1. The zero-order valence-electron chi connectivity index (χ0n) is 16.3. The Kier molecular flexibility index (Phi) is 8.88. The third-order valence-corrected chi connectivity index (χ3v) is 5.35. The molecule has 0 saturated heterocycles. The molecule has 1 aromatic rings. The van der Waals surface area contributed by atoms with Crippen molar-refractivity contribution in [3.8, 4) is 11.8 Å². The molecule has 1 rings (SSSR count). The van der Waals surface area contributed by atoms with Crippen LogP contribution in [0.2, 0.25) is 0 Å². The minimum atomic E-state index is -3.98. The number of likely N-dealkylation sites (N-methyl/N-ethyl adjacent to an activating group) is 1. The lowest BCUT2D eigenvalue weighted by molar-refractivity contribution is -0.153. The van der Waals surface area contributed by atoms with Crippen LogP contribution >= 0.6 is 0 Å². The van der Waals surface area contributed by atoms with Crippen LogP contribution in [0.5, 0.6) is 5.75 Å². The summed E-state index contributed by atoms with van der Waals surface area (Å²) in [6.07, 6.45) is 0.159. The second-order valence-corrected chi connectivity index (χ2v) is 8.06. The van der Waals surface area contributed by atoms with E-state index in [4.69, 9.17) is 14.7 Å². The van der Waals surface area contributed by atoms with Gasteiger partial charge in [-0.25, -0.2) is 8.42 Å². The van der Waals surface area contributed by atoms with Crippen molar-refractivity contribution in [2.75, 3.05) is 27.3 Å². The van der Waals surface area contributed by atoms with Crippen molar-refractivity contribution in [3.05, 3.63) is 24.3 Å². The number of sulfonamides is 1. The molecule has 28 heavy (non-hydrogen) atoms. The van der Waals surface area contributed by atoms with Gasteiger partial charge in [-0.2, -0.15) is 9.98 Å². The molecule has 1 unspecified atom stereocenters. The Hall–Kier alpha value is -2.64. The molecule has 0 aliphatic heterocycles. The fraction of sp³-hybridized carbons (Fsp3) is 0.500. The normalized spacial score (nSPS) is 12.1. The molecule has 10 heteroatoms. The van der Waals surface area contributed by atoms with Gasteiger partial charge >= 0.3 is 5.97 Å². The fourth-order valence-corrected chi connectivity index (χ4v) is 3.45. The molecule has 0 aliphatic rings. The molecule has 0 saturated carbocycles. The third kappa shape index (κ3) is 6.83. The first-order chi connectivity index (χ1) is 13.1. The maximum Gasteiger partial charge on any atom is 0.324 e. The summed E-state index contributed by atoms with van der Waals surface area (Å²) < 4.78 is 37.4. The molecule has 0 bridgehead atoms. The predicted octanol–water partition coefficient (Wildman–Crippen LogP) is 0.913. The number of carbonyl (C=O) groups is 2. The van der Waals surface area contributed by atoms with Crippen LogP contribution in [-0.2, 0) is 24.3 Å². The van der Waals surface area contributed by atoms with Gasteiger partial charge in [0.15, 0.2) is 6.61 Å². The molecule has 0 spiro atoms. The van der Waals surface area contributed by atoms with Crippen LogP contribution in [0.15, 0.2) is 29.2 Å². The van der Waals surface area contributed by atoms with Crippen molar-refractivity contribution in [2.24, 2.45) is 5.92 Å². The summed E-state index contributed by atoms with van der Waals surface area (Å²) in [7, 11) is -1.03. The smallest absolute Gasteiger partial charge is 0.324 e. The Morgan fingerprint density at radius 3 is 2.36 bits per heavy atom. The average Bonchev–Trinajstić information content (AvgIpc) is 2.67. The number of nitriles is 1. The molecule has 154 valence electrons. The molecule has 1 atom stereocenters. The van der Waals surface area contributed by atoms with Crippen LogP contribution in [0.1, 0.15) is 20.3 Å². The number of benzene rings is 1. The Morgan fingerprint density at radius 2 is 1.86 bits per heavy atom. The van der Waals surface area contributed by atoms with E-state index < -0.39 is 40.5 Å². The van der Waals surface area contributed by atoms with Crippen molar-refractivity contribution in [2.45, 2.75) is 31.2 Å². The van der Waals surface area contributed by atoms with E-state index in [2.05, 4.69) is 4.72 Å². The molecule has 0 fully saturated rings. The molecule has 1 N–H and O–H groups in total. The summed E-state index contributed by atoms with van der Waals surface area (Å²) in [5.41, 5.74) is 0. The molecular weight excluding hydrogens is 386 g/mol. The van der Waals surface area contributed by atoms with E-state index in [1.807, 2.05) is 6.07 Å². The molecule has 9 nitrogen and oxygen atoms in total. The Balaban J connectivity index is 2.79. The summed E-state index contributed by atoms with van der Waals surface area (Å²) in [4.78, 5) is 25.5. The molecule has 0 aromatic heterocycles. The van der Waals surface area contributed by atoms with Crippen molar-refractivity contribution >= 4 is 21.9 Å².